The van der Waals surface area contributed by atoms with Gasteiger partial charge in [0.15, 0.2) is 11.6 Å². The van der Waals surface area contributed by atoms with Gasteiger partial charge in [0.1, 0.15) is 12.4 Å². The number of hydrogen-bond acceptors (Lipinski definition) is 4. The molecular weight excluding hydrogens is 551 g/mol. The second-order valence-corrected chi connectivity index (χ2v) is 11.0. The lowest BCUT2D eigenvalue weighted by Crippen LogP contribution is -2.27. The summed E-state index contributed by atoms with van der Waals surface area (Å²) < 4.78 is 23.7. The highest BCUT2D eigenvalue weighted by Gasteiger charge is 2.22. The first-order valence-electron chi connectivity index (χ1n) is 11.9. The lowest BCUT2D eigenvalue weighted by atomic mass is 10.1. The zero-order valence-corrected chi connectivity index (χ0v) is 22.6. The van der Waals surface area contributed by atoms with Gasteiger partial charge in [-0.25, -0.2) is 9.37 Å². The van der Waals surface area contributed by atoms with Crippen molar-refractivity contribution in [2.75, 3.05) is 0 Å². The molecule has 2 heterocycles. The normalized spacial score (nSPS) is 11.0. The van der Waals surface area contributed by atoms with E-state index in [1.807, 2.05) is 79.7 Å². The summed E-state index contributed by atoms with van der Waals surface area (Å²) in [5, 5.41) is 0. The van der Waals surface area contributed by atoms with Gasteiger partial charge in [-0.2, -0.15) is 0 Å². The third-order valence-electron chi connectivity index (χ3n) is 6.07. The molecule has 0 fully saturated rings. The maximum atomic E-state index is 15.1. The summed E-state index contributed by atoms with van der Waals surface area (Å²) in [5.74, 6) is -0.0284. The van der Waals surface area contributed by atoms with Crippen molar-refractivity contribution in [1.29, 1.82) is 0 Å². The van der Waals surface area contributed by atoms with Crippen LogP contribution in [0.25, 0.3) is 21.8 Å². The molecule has 0 unspecified atom stereocenters. The van der Waals surface area contributed by atoms with Gasteiger partial charge in [0.25, 0.3) is 5.56 Å². The summed E-state index contributed by atoms with van der Waals surface area (Å²) >= 11 is 4.98. The Kier molecular flexibility index (Phi) is 7.63. The van der Waals surface area contributed by atoms with E-state index >= 15 is 4.39 Å². The lowest BCUT2D eigenvalue weighted by molar-refractivity contribution is 0.291. The molecule has 0 atom stereocenters. The molecule has 0 saturated carbocycles. The highest BCUT2D eigenvalue weighted by molar-refractivity contribution is 9.11. The van der Waals surface area contributed by atoms with Crippen LogP contribution in [0.3, 0.4) is 0 Å². The molecule has 0 aliphatic carbocycles. The van der Waals surface area contributed by atoms with Crippen molar-refractivity contribution < 1.29 is 9.13 Å². The Morgan fingerprint density at radius 2 is 1.62 bits per heavy atom. The first kappa shape index (κ1) is 25.1. The summed E-state index contributed by atoms with van der Waals surface area (Å²) in [4.78, 5) is 19.7. The van der Waals surface area contributed by atoms with E-state index in [0.717, 1.165) is 19.8 Å². The van der Waals surface area contributed by atoms with Crippen molar-refractivity contribution in [3.8, 4) is 27.6 Å². The van der Waals surface area contributed by atoms with Crippen LogP contribution in [-0.2, 0) is 19.6 Å². The molecule has 0 spiro atoms. The molecule has 2 aromatic heterocycles. The van der Waals surface area contributed by atoms with Crippen molar-refractivity contribution in [2.24, 2.45) is 0 Å². The van der Waals surface area contributed by atoms with Gasteiger partial charge in [0, 0.05) is 11.4 Å². The first-order chi connectivity index (χ1) is 18.0. The summed E-state index contributed by atoms with van der Waals surface area (Å²) in [6.45, 7) is 2.40. The molecular formula is C30H24BrFN2O2S. The Morgan fingerprint density at radius 1 is 0.919 bits per heavy atom. The van der Waals surface area contributed by atoms with Crippen LogP contribution in [0.2, 0.25) is 0 Å². The molecule has 0 bridgehead atoms. The Labute approximate surface area is 227 Å². The quantitative estimate of drug-likeness (QED) is 0.191. The van der Waals surface area contributed by atoms with Gasteiger partial charge in [-0.05, 0) is 64.7 Å². The molecule has 5 rings (SSSR count). The van der Waals surface area contributed by atoms with Crippen molar-refractivity contribution in [3.05, 3.63) is 128 Å². The smallest absolute Gasteiger partial charge is 0.262 e. The van der Waals surface area contributed by atoms with Crippen LogP contribution in [0, 0.1) is 12.7 Å². The van der Waals surface area contributed by atoms with Gasteiger partial charge in [-0.3, -0.25) is 9.36 Å². The number of thiophene rings is 1. The van der Waals surface area contributed by atoms with Crippen LogP contribution in [-0.4, -0.2) is 9.55 Å². The molecule has 5 aromatic rings. The molecule has 186 valence electrons. The number of aromatic nitrogens is 2. The molecule has 3 aromatic carbocycles. The average Bonchev–Trinajstić information content (AvgIpc) is 3.33. The van der Waals surface area contributed by atoms with E-state index in [0.29, 0.717) is 35.6 Å². The highest BCUT2D eigenvalue weighted by Crippen LogP contribution is 2.35. The van der Waals surface area contributed by atoms with E-state index in [9.17, 15) is 4.79 Å². The Hall–Kier alpha value is -3.55. The molecule has 4 nitrogen and oxygen atoms in total. The van der Waals surface area contributed by atoms with Gasteiger partial charge >= 0.3 is 0 Å². The monoisotopic (exact) mass is 574 g/mol. The first-order valence-corrected chi connectivity index (χ1v) is 13.5. The van der Waals surface area contributed by atoms with E-state index in [2.05, 4.69) is 15.9 Å². The Bertz CT molecular complexity index is 1580. The van der Waals surface area contributed by atoms with Crippen LogP contribution < -0.4 is 10.3 Å². The van der Waals surface area contributed by atoms with Gasteiger partial charge in [-0.15, -0.1) is 11.3 Å². The van der Waals surface area contributed by atoms with Crippen molar-refractivity contribution in [1.82, 2.24) is 9.55 Å². The van der Waals surface area contributed by atoms with Crippen molar-refractivity contribution in [3.63, 3.8) is 0 Å². The maximum Gasteiger partial charge on any atom is 0.262 e. The lowest BCUT2D eigenvalue weighted by Gasteiger charge is -2.18. The molecule has 0 aliphatic rings. The van der Waals surface area contributed by atoms with Crippen LogP contribution in [0.15, 0.2) is 99.6 Å². The van der Waals surface area contributed by atoms with E-state index in [1.165, 1.54) is 17.4 Å². The average molecular weight is 576 g/mol. The third kappa shape index (κ3) is 5.58. The predicted octanol–water partition coefficient (Wildman–Crippen LogP) is 7.67. The minimum Gasteiger partial charge on any atom is -0.485 e. The number of halogens is 2. The summed E-state index contributed by atoms with van der Waals surface area (Å²) in [6.07, 6.45) is 0.627. The second-order valence-electron chi connectivity index (χ2n) is 8.58. The number of benzene rings is 3. The van der Waals surface area contributed by atoms with Crippen LogP contribution in [0.1, 0.15) is 16.8 Å². The van der Waals surface area contributed by atoms with Crippen LogP contribution in [0.4, 0.5) is 4.39 Å². The zero-order chi connectivity index (χ0) is 25.8. The number of aryl methyl sites for hydroxylation is 2. The largest absolute Gasteiger partial charge is 0.485 e. The molecule has 7 heteroatoms. The highest BCUT2D eigenvalue weighted by atomic mass is 79.9. The van der Waals surface area contributed by atoms with E-state index in [-0.39, 0.29) is 17.9 Å². The van der Waals surface area contributed by atoms with Crippen molar-refractivity contribution >= 4 is 27.3 Å². The topological polar surface area (TPSA) is 44.1 Å². The molecule has 0 amide bonds. The Morgan fingerprint density at radius 3 is 2.30 bits per heavy atom. The predicted molar refractivity (Wildman–Crippen MR) is 151 cm³/mol. The Balaban J connectivity index is 1.63. The standard InChI is InChI=1S/C30H24BrFN2O2S/c1-20-27(25-15-16-26(31)37-25)30(35)34(18-17-21-9-4-2-5-10-21)29(33-20)23-13-8-14-24(32)28(23)36-19-22-11-6-3-7-12-22/h2-16H,17-19H2,1H3. The minimum absolute atomic E-state index is 0.0812. The number of ether oxygens (including phenoxy) is 1. The minimum atomic E-state index is -0.499. The van der Waals surface area contributed by atoms with Gasteiger partial charge in [-0.1, -0.05) is 66.7 Å². The fourth-order valence-electron chi connectivity index (χ4n) is 4.25. The van der Waals surface area contributed by atoms with Gasteiger partial charge in [0.2, 0.25) is 0 Å². The molecule has 0 N–H and O–H groups in total. The fourth-order valence-corrected chi connectivity index (χ4v) is 5.73. The van der Waals surface area contributed by atoms with E-state index in [1.54, 1.807) is 16.7 Å². The summed E-state index contributed by atoms with van der Waals surface area (Å²) in [5.41, 5.74) is 3.44. The van der Waals surface area contributed by atoms with Gasteiger partial charge < -0.3 is 4.74 Å². The van der Waals surface area contributed by atoms with Crippen LogP contribution >= 0.6 is 27.3 Å². The number of rotatable bonds is 8. The molecule has 0 saturated heterocycles. The van der Waals surface area contributed by atoms with E-state index < -0.39 is 5.82 Å². The zero-order valence-electron chi connectivity index (χ0n) is 20.2. The second kappa shape index (κ2) is 11.2. The third-order valence-corrected chi connectivity index (χ3v) is 7.71. The molecule has 0 radical (unpaired) electrons. The summed E-state index contributed by atoms with van der Waals surface area (Å²) in [7, 11) is 0. The SMILES string of the molecule is Cc1nc(-c2cccc(F)c2OCc2ccccc2)n(CCc2ccccc2)c(=O)c1-c1ccc(Br)s1. The number of hydrogen-bond donors (Lipinski definition) is 0. The maximum absolute atomic E-state index is 15.1. The van der Waals surface area contributed by atoms with E-state index in [4.69, 9.17) is 9.72 Å². The summed E-state index contributed by atoms with van der Waals surface area (Å²) in [6, 6.07) is 28.1. The molecule has 37 heavy (non-hydrogen) atoms. The fraction of sp³-hybridized carbons (Fsp3) is 0.133. The molecule has 0 aliphatic heterocycles. The van der Waals surface area contributed by atoms with Crippen LogP contribution in [0.5, 0.6) is 5.75 Å². The number of nitrogens with zero attached hydrogens (tertiary/aromatic N) is 2. The van der Waals surface area contributed by atoms with Gasteiger partial charge in [0.05, 0.1) is 20.6 Å². The van der Waals surface area contributed by atoms with Crippen molar-refractivity contribution in [2.45, 2.75) is 26.5 Å². The number of para-hydroxylation sites is 1.